The Hall–Kier alpha value is -2.27. The fourth-order valence-electron chi connectivity index (χ4n) is 3.25. The van der Waals surface area contributed by atoms with Crippen molar-refractivity contribution >= 4 is 11.2 Å². The zero-order valence-electron chi connectivity index (χ0n) is 12.9. The number of pyridine rings is 1. The van der Waals surface area contributed by atoms with Gasteiger partial charge in [0.1, 0.15) is 17.2 Å². The van der Waals surface area contributed by atoms with Crippen LogP contribution < -0.4 is 5.32 Å². The summed E-state index contributed by atoms with van der Waals surface area (Å²) in [5.74, 6) is 0.776. The number of halogens is 1. The van der Waals surface area contributed by atoms with E-state index in [2.05, 4.69) is 14.9 Å². The summed E-state index contributed by atoms with van der Waals surface area (Å²) in [6, 6.07) is 11.0. The molecule has 5 heteroatoms. The number of nitrogens with one attached hydrogen (secondary N) is 1. The van der Waals surface area contributed by atoms with Gasteiger partial charge in [0.2, 0.25) is 0 Å². The van der Waals surface area contributed by atoms with E-state index in [-0.39, 0.29) is 5.82 Å². The highest BCUT2D eigenvalue weighted by Gasteiger charge is 2.19. The molecule has 0 aliphatic carbocycles. The number of rotatable bonds is 4. The first-order valence-electron chi connectivity index (χ1n) is 8.07. The quantitative estimate of drug-likeness (QED) is 0.806. The third-order valence-corrected chi connectivity index (χ3v) is 4.42. The maximum Gasteiger partial charge on any atom is 0.160 e. The van der Waals surface area contributed by atoms with E-state index in [1.165, 1.54) is 25.0 Å². The van der Waals surface area contributed by atoms with Crippen LogP contribution in [-0.4, -0.2) is 27.1 Å². The van der Waals surface area contributed by atoms with Gasteiger partial charge in [-0.05, 0) is 49.2 Å². The lowest BCUT2D eigenvalue weighted by molar-refractivity contribution is 0.505. The molecule has 3 aromatic rings. The van der Waals surface area contributed by atoms with E-state index in [9.17, 15) is 4.39 Å². The normalized spacial score (nSPS) is 17.9. The van der Waals surface area contributed by atoms with Crippen molar-refractivity contribution in [1.82, 2.24) is 19.9 Å². The summed E-state index contributed by atoms with van der Waals surface area (Å²) in [5, 5.41) is 3.53. The zero-order valence-corrected chi connectivity index (χ0v) is 12.9. The van der Waals surface area contributed by atoms with Gasteiger partial charge in [-0.25, -0.2) is 14.4 Å². The molecular formula is C18H19FN4. The van der Waals surface area contributed by atoms with E-state index in [4.69, 9.17) is 4.98 Å². The van der Waals surface area contributed by atoms with Crippen LogP contribution in [0, 0.1) is 5.82 Å². The lowest BCUT2D eigenvalue weighted by Crippen LogP contribution is -2.27. The van der Waals surface area contributed by atoms with Gasteiger partial charge in [-0.15, -0.1) is 0 Å². The minimum absolute atomic E-state index is 0.209. The second kappa shape index (κ2) is 6.08. The summed E-state index contributed by atoms with van der Waals surface area (Å²) in [7, 11) is 0. The van der Waals surface area contributed by atoms with Crippen LogP contribution >= 0.6 is 0 Å². The van der Waals surface area contributed by atoms with E-state index in [1.807, 2.05) is 30.5 Å². The molecule has 1 aromatic carbocycles. The van der Waals surface area contributed by atoms with Gasteiger partial charge in [0.05, 0.1) is 0 Å². The lowest BCUT2D eigenvalue weighted by Gasteiger charge is -2.14. The molecule has 0 amide bonds. The molecule has 0 saturated carbocycles. The maximum absolute atomic E-state index is 13.1. The van der Waals surface area contributed by atoms with Gasteiger partial charge >= 0.3 is 0 Å². The second-order valence-corrected chi connectivity index (χ2v) is 6.08. The van der Waals surface area contributed by atoms with Crippen molar-refractivity contribution in [3.63, 3.8) is 0 Å². The molecule has 0 bridgehead atoms. The summed E-state index contributed by atoms with van der Waals surface area (Å²) in [5.41, 5.74) is 2.91. The Balaban J connectivity index is 1.70. The number of aromatic nitrogens is 3. The summed E-state index contributed by atoms with van der Waals surface area (Å²) in [6.45, 7) is 1.96. The van der Waals surface area contributed by atoms with Crippen LogP contribution in [0.5, 0.6) is 0 Å². The number of hydrogen-bond acceptors (Lipinski definition) is 3. The standard InChI is InChI=1S/C18H19FN4/c19-14-7-5-13(6-8-14)11-17-22-16-4-2-10-21-18(16)23(17)12-15-3-1-9-20-15/h2,4-8,10,15,20H,1,3,9,11-12H2. The molecule has 1 atom stereocenters. The first-order chi connectivity index (χ1) is 11.3. The van der Waals surface area contributed by atoms with Crippen LogP contribution in [0.2, 0.25) is 0 Å². The number of nitrogens with zero attached hydrogens (tertiary/aromatic N) is 3. The van der Waals surface area contributed by atoms with Crippen molar-refractivity contribution in [3.05, 3.63) is 59.8 Å². The first-order valence-corrected chi connectivity index (χ1v) is 8.07. The van der Waals surface area contributed by atoms with E-state index >= 15 is 0 Å². The molecule has 23 heavy (non-hydrogen) atoms. The zero-order chi connectivity index (χ0) is 15.6. The van der Waals surface area contributed by atoms with Crippen molar-refractivity contribution in [2.75, 3.05) is 6.54 Å². The van der Waals surface area contributed by atoms with Gasteiger partial charge in [0.15, 0.2) is 5.65 Å². The fraction of sp³-hybridized carbons (Fsp3) is 0.333. The largest absolute Gasteiger partial charge is 0.312 e. The van der Waals surface area contributed by atoms with Crippen molar-refractivity contribution in [3.8, 4) is 0 Å². The van der Waals surface area contributed by atoms with Crippen molar-refractivity contribution in [1.29, 1.82) is 0 Å². The van der Waals surface area contributed by atoms with Gasteiger partial charge in [-0.1, -0.05) is 12.1 Å². The number of fused-ring (bicyclic) bond motifs is 1. The monoisotopic (exact) mass is 310 g/mol. The predicted molar refractivity (Wildman–Crippen MR) is 87.8 cm³/mol. The number of benzene rings is 1. The van der Waals surface area contributed by atoms with Gasteiger partial charge in [0, 0.05) is 25.2 Å². The molecule has 1 unspecified atom stereocenters. The molecule has 4 nitrogen and oxygen atoms in total. The van der Waals surface area contributed by atoms with Gasteiger partial charge in [-0.3, -0.25) is 0 Å². The molecule has 2 aromatic heterocycles. The number of imidazole rings is 1. The average Bonchev–Trinajstić information content (AvgIpc) is 3.19. The fourth-order valence-corrected chi connectivity index (χ4v) is 3.25. The summed E-state index contributed by atoms with van der Waals surface area (Å²) >= 11 is 0. The van der Waals surface area contributed by atoms with Crippen LogP contribution in [0.1, 0.15) is 24.2 Å². The topological polar surface area (TPSA) is 42.7 Å². The molecule has 1 fully saturated rings. The Bertz CT molecular complexity index is 804. The number of hydrogen-bond donors (Lipinski definition) is 1. The lowest BCUT2D eigenvalue weighted by atomic mass is 10.1. The Kier molecular flexibility index (Phi) is 3.79. The molecule has 3 heterocycles. The van der Waals surface area contributed by atoms with Gasteiger partial charge in [0.25, 0.3) is 0 Å². The van der Waals surface area contributed by atoms with Gasteiger partial charge in [-0.2, -0.15) is 0 Å². The SMILES string of the molecule is Fc1ccc(Cc2nc3cccnc3n2CC2CCCN2)cc1. The third-order valence-electron chi connectivity index (χ3n) is 4.42. The summed E-state index contributed by atoms with van der Waals surface area (Å²) in [6.07, 6.45) is 4.90. The van der Waals surface area contributed by atoms with Crippen molar-refractivity contribution in [2.45, 2.75) is 31.8 Å². The summed E-state index contributed by atoms with van der Waals surface area (Å²) in [4.78, 5) is 9.26. The Morgan fingerprint density at radius 3 is 2.87 bits per heavy atom. The molecule has 1 aliphatic rings. The van der Waals surface area contributed by atoms with Crippen LogP contribution in [0.3, 0.4) is 0 Å². The third kappa shape index (κ3) is 2.97. The minimum Gasteiger partial charge on any atom is -0.312 e. The molecule has 1 aliphatic heterocycles. The predicted octanol–water partition coefficient (Wildman–Crippen LogP) is 2.91. The van der Waals surface area contributed by atoms with Gasteiger partial charge < -0.3 is 9.88 Å². The highest BCUT2D eigenvalue weighted by molar-refractivity contribution is 5.71. The van der Waals surface area contributed by atoms with Crippen LogP contribution in [0.15, 0.2) is 42.6 Å². The van der Waals surface area contributed by atoms with E-state index in [0.717, 1.165) is 35.6 Å². The Morgan fingerprint density at radius 1 is 1.22 bits per heavy atom. The van der Waals surface area contributed by atoms with Crippen LogP contribution in [0.4, 0.5) is 4.39 Å². The van der Waals surface area contributed by atoms with E-state index in [1.54, 1.807) is 0 Å². The molecule has 1 N–H and O–H groups in total. The molecule has 1 saturated heterocycles. The molecule has 0 radical (unpaired) electrons. The molecular weight excluding hydrogens is 291 g/mol. The van der Waals surface area contributed by atoms with Crippen molar-refractivity contribution in [2.24, 2.45) is 0 Å². The molecule has 4 rings (SSSR count). The Labute approximate surface area is 134 Å². The average molecular weight is 310 g/mol. The van der Waals surface area contributed by atoms with E-state index in [0.29, 0.717) is 12.5 Å². The van der Waals surface area contributed by atoms with E-state index < -0.39 is 0 Å². The molecule has 0 spiro atoms. The highest BCUT2D eigenvalue weighted by atomic mass is 19.1. The highest BCUT2D eigenvalue weighted by Crippen LogP contribution is 2.19. The Morgan fingerprint density at radius 2 is 2.09 bits per heavy atom. The second-order valence-electron chi connectivity index (χ2n) is 6.08. The van der Waals surface area contributed by atoms with Crippen LogP contribution in [-0.2, 0) is 13.0 Å². The van der Waals surface area contributed by atoms with Crippen molar-refractivity contribution < 1.29 is 4.39 Å². The first kappa shape index (κ1) is 14.3. The minimum atomic E-state index is -0.209. The van der Waals surface area contributed by atoms with Crippen LogP contribution in [0.25, 0.3) is 11.2 Å². The smallest absolute Gasteiger partial charge is 0.160 e. The molecule has 118 valence electrons. The summed E-state index contributed by atoms with van der Waals surface area (Å²) < 4.78 is 15.3. The maximum atomic E-state index is 13.1.